The van der Waals surface area contributed by atoms with Crippen LogP contribution < -0.4 is 10.9 Å². The van der Waals surface area contributed by atoms with Gasteiger partial charge in [-0.3, -0.25) is 14.9 Å². The number of anilines is 2. The zero-order valence-corrected chi connectivity index (χ0v) is 11.7. The Hall–Kier alpha value is -3.16. The van der Waals surface area contributed by atoms with Crippen LogP contribution in [0.5, 0.6) is 0 Å². The Morgan fingerprint density at radius 3 is 3.00 bits per heavy atom. The van der Waals surface area contributed by atoms with Gasteiger partial charge in [-0.2, -0.15) is 5.10 Å². The molecule has 1 aromatic carbocycles. The molecule has 0 spiro atoms. The van der Waals surface area contributed by atoms with Gasteiger partial charge in [0.15, 0.2) is 0 Å². The fourth-order valence-corrected chi connectivity index (χ4v) is 1.96. The van der Waals surface area contributed by atoms with Crippen molar-refractivity contribution in [1.82, 2.24) is 20.2 Å². The summed E-state index contributed by atoms with van der Waals surface area (Å²) >= 11 is 0. The molecule has 2 heterocycles. The van der Waals surface area contributed by atoms with E-state index in [0.29, 0.717) is 0 Å². The third kappa shape index (κ3) is 2.66. The minimum atomic E-state index is -0.693. The maximum Gasteiger partial charge on any atom is 0.345 e. The quantitative estimate of drug-likeness (QED) is 0.630. The predicted octanol–water partition coefficient (Wildman–Crippen LogP) is 1.57. The van der Waals surface area contributed by atoms with E-state index in [1.165, 1.54) is 6.20 Å². The molecule has 0 aliphatic rings. The summed E-state index contributed by atoms with van der Waals surface area (Å²) in [5, 5.41) is 10.7. The second-order valence-electron chi connectivity index (χ2n) is 4.49. The van der Waals surface area contributed by atoms with Crippen LogP contribution in [0.2, 0.25) is 0 Å². The number of carbonyl (C=O) groups excluding carboxylic acids is 1. The Balaban J connectivity index is 1.84. The van der Waals surface area contributed by atoms with Gasteiger partial charge >= 0.3 is 5.97 Å². The van der Waals surface area contributed by atoms with Gasteiger partial charge in [0.05, 0.1) is 24.5 Å². The van der Waals surface area contributed by atoms with Gasteiger partial charge in [-0.1, -0.05) is 0 Å². The van der Waals surface area contributed by atoms with Crippen LogP contribution in [0.15, 0.2) is 35.4 Å². The first kappa shape index (κ1) is 13.8. The van der Waals surface area contributed by atoms with E-state index in [0.717, 1.165) is 16.6 Å². The fourth-order valence-electron chi connectivity index (χ4n) is 1.96. The van der Waals surface area contributed by atoms with Gasteiger partial charge in [0, 0.05) is 11.1 Å². The highest BCUT2D eigenvalue weighted by atomic mass is 16.5. The number of nitrogens with zero attached hydrogens (tertiary/aromatic N) is 2. The molecule has 22 heavy (non-hydrogen) atoms. The Morgan fingerprint density at radius 1 is 1.36 bits per heavy atom. The summed E-state index contributed by atoms with van der Waals surface area (Å²) in [5.41, 5.74) is 0.897. The normalized spacial score (nSPS) is 10.6. The molecule has 0 aliphatic heterocycles. The largest absolute Gasteiger partial charge is 0.462 e. The van der Waals surface area contributed by atoms with Gasteiger partial charge < -0.3 is 10.1 Å². The zero-order valence-electron chi connectivity index (χ0n) is 11.7. The van der Waals surface area contributed by atoms with E-state index in [1.54, 1.807) is 13.1 Å². The van der Waals surface area contributed by atoms with Crippen molar-refractivity contribution in [3.05, 3.63) is 46.5 Å². The molecular weight excluding hydrogens is 286 g/mol. The third-order valence-corrected chi connectivity index (χ3v) is 3.00. The Morgan fingerprint density at radius 2 is 2.23 bits per heavy atom. The van der Waals surface area contributed by atoms with Crippen molar-refractivity contribution < 1.29 is 9.53 Å². The Kier molecular flexibility index (Phi) is 3.57. The van der Waals surface area contributed by atoms with Crippen LogP contribution in [-0.4, -0.2) is 32.7 Å². The molecule has 0 saturated heterocycles. The van der Waals surface area contributed by atoms with Crippen molar-refractivity contribution in [2.45, 2.75) is 6.92 Å². The number of hydrogen-bond acceptors (Lipinski definition) is 6. The minimum Gasteiger partial charge on any atom is -0.462 e. The molecule has 0 unspecified atom stereocenters. The second kappa shape index (κ2) is 5.68. The van der Waals surface area contributed by atoms with E-state index in [9.17, 15) is 9.59 Å². The van der Waals surface area contributed by atoms with Crippen molar-refractivity contribution in [3.63, 3.8) is 0 Å². The highest BCUT2D eigenvalue weighted by molar-refractivity contribution is 5.88. The van der Waals surface area contributed by atoms with Gasteiger partial charge in [-0.25, -0.2) is 9.78 Å². The number of esters is 1. The molecule has 0 amide bonds. The van der Waals surface area contributed by atoms with E-state index in [1.807, 2.05) is 18.2 Å². The average Bonchev–Trinajstić information content (AvgIpc) is 2.95. The van der Waals surface area contributed by atoms with Crippen molar-refractivity contribution in [2.24, 2.45) is 0 Å². The summed E-state index contributed by atoms with van der Waals surface area (Å²) < 4.78 is 4.78. The van der Waals surface area contributed by atoms with E-state index in [2.05, 4.69) is 25.5 Å². The van der Waals surface area contributed by atoms with E-state index < -0.39 is 11.5 Å². The predicted molar refractivity (Wildman–Crippen MR) is 80.2 cm³/mol. The van der Waals surface area contributed by atoms with Crippen LogP contribution in [0.3, 0.4) is 0 Å². The number of aromatic nitrogens is 4. The molecule has 3 N–H and O–H groups in total. The summed E-state index contributed by atoms with van der Waals surface area (Å²) in [6.45, 7) is 1.86. The maximum atomic E-state index is 11.9. The monoisotopic (exact) mass is 299 g/mol. The number of rotatable bonds is 4. The topological polar surface area (TPSA) is 113 Å². The Labute approximate surface area is 124 Å². The highest BCUT2D eigenvalue weighted by Crippen LogP contribution is 2.18. The van der Waals surface area contributed by atoms with Crippen LogP contribution in [0.4, 0.5) is 11.6 Å². The smallest absolute Gasteiger partial charge is 0.345 e. The number of carbonyl (C=O) groups is 1. The lowest BCUT2D eigenvalue weighted by atomic mass is 10.2. The number of fused-ring (bicyclic) bond motifs is 1. The molecule has 0 saturated carbocycles. The van der Waals surface area contributed by atoms with Crippen molar-refractivity contribution in [3.8, 4) is 0 Å². The van der Waals surface area contributed by atoms with Gasteiger partial charge in [0.2, 0.25) is 5.95 Å². The third-order valence-electron chi connectivity index (χ3n) is 3.00. The van der Waals surface area contributed by atoms with E-state index in [-0.39, 0.29) is 18.1 Å². The van der Waals surface area contributed by atoms with Crippen LogP contribution in [0.1, 0.15) is 17.3 Å². The summed E-state index contributed by atoms with van der Waals surface area (Å²) in [6, 6.07) is 5.55. The van der Waals surface area contributed by atoms with Gasteiger partial charge in [0.1, 0.15) is 5.56 Å². The van der Waals surface area contributed by atoms with Gasteiger partial charge in [-0.05, 0) is 25.1 Å². The van der Waals surface area contributed by atoms with E-state index >= 15 is 0 Å². The number of hydrogen-bond donors (Lipinski definition) is 3. The van der Waals surface area contributed by atoms with Crippen LogP contribution in [-0.2, 0) is 4.74 Å². The first-order chi connectivity index (χ1) is 10.7. The summed E-state index contributed by atoms with van der Waals surface area (Å²) in [5.74, 6) is -0.460. The lowest BCUT2D eigenvalue weighted by Gasteiger charge is -2.06. The molecule has 8 nitrogen and oxygen atoms in total. The lowest BCUT2D eigenvalue weighted by Crippen LogP contribution is -2.21. The fraction of sp³-hybridized carbons (Fsp3) is 0.143. The highest BCUT2D eigenvalue weighted by Gasteiger charge is 2.12. The number of H-pyrrole nitrogens is 2. The average molecular weight is 299 g/mol. The zero-order chi connectivity index (χ0) is 15.5. The Bertz CT molecular complexity index is 883. The van der Waals surface area contributed by atoms with Crippen molar-refractivity contribution in [2.75, 3.05) is 11.9 Å². The van der Waals surface area contributed by atoms with Gasteiger partial charge in [0.25, 0.3) is 5.56 Å². The summed E-state index contributed by atoms with van der Waals surface area (Å²) in [7, 11) is 0. The molecule has 112 valence electrons. The first-order valence-electron chi connectivity index (χ1n) is 6.64. The van der Waals surface area contributed by atoms with Crippen LogP contribution in [0, 0.1) is 0 Å². The SMILES string of the molecule is CCOC(=O)c1cnc(Nc2ccc3cn[nH]c3c2)[nH]c1=O. The number of ether oxygens (including phenoxy) is 1. The molecule has 8 heteroatoms. The van der Waals surface area contributed by atoms with Gasteiger partial charge in [-0.15, -0.1) is 0 Å². The number of benzene rings is 1. The molecule has 0 fully saturated rings. The lowest BCUT2D eigenvalue weighted by molar-refractivity contribution is 0.0524. The van der Waals surface area contributed by atoms with Crippen LogP contribution in [0.25, 0.3) is 10.9 Å². The molecule has 0 bridgehead atoms. The minimum absolute atomic E-state index is 0.128. The number of nitrogens with one attached hydrogen (secondary N) is 3. The van der Waals surface area contributed by atoms with Crippen molar-refractivity contribution in [1.29, 1.82) is 0 Å². The van der Waals surface area contributed by atoms with Crippen molar-refractivity contribution >= 4 is 28.5 Å². The molecular formula is C14H13N5O3. The molecule has 0 radical (unpaired) electrons. The standard InChI is InChI=1S/C14H13N5O3/c1-2-22-13(21)10-7-15-14(18-12(10)20)17-9-4-3-8-6-16-19-11(8)5-9/h3-7H,2H2,1H3,(H,16,19)(H2,15,17,18,20). The molecule has 0 aliphatic carbocycles. The summed E-state index contributed by atoms with van der Waals surface area (Å²) in [6.07, 6.45) is 2.90. The molecule has 3 rings (SSSR count). The second-order valence-corrected chi connectivity index (χ2v) is 4.49. The molecule has 2 aromatic heterocycles. The summed E-state index contributed by atoms with van der Waals surface area (Å²) in [4.78, 5) is 29.9. The van der Waals surface area contributed by atoms with E-state index in [4.69, 9.17) is 4.74 Å². The maximum absolute atomic E-state index is 11.9. The molecule has 3 aromatic rings. The van der Waals surface area contributed by atoms with Crippen LogP contribution >= 0.6 is 0 Å². The number of aromatic amines is 2. The molecule has 0 atom stereocenters. The first-order valence-corrected chi connectivity index (χ1v) is 6.64.